The van der Waals surface area contributed by atoms with Gasteiger partial charge in [0.1, 0.15) is 5.75 Å². The van der Waals surface area contributed by atoms with E-state index in [1.54, 1.807) is 12.1 Å². The highest BCUT2D eigenvalue weighted by Gasteiger charge is 2.03. The number of ether oxygens (including phenoxy) is 1. The topological polar surface area (TPSA) is 21.3 Å². The Morgan fingerprint density at radius 2 is 2.00 bits per heavy atom. The van der Waals surface area contributed by atoms with Gasteiger partial charge in [0, 0.05) is 12.2 Å². The van der Waals surface area contributed by atoms with Crippen LogP contribution in [0.5, 0.6) is 5.75 Å². The first-order chi connectivity index (χ1) is 7.58. The molecule has 0 aromatic heterocycles. The van der Waals surface area contributed by atoms with E-state index in [9.17, 15) is 8.78 Å². The van der Waals surface area contributed by atoms with Crippen molar-refractivity contribution in [3.05, 3.63) is 36.4 Å². The van der Waals surface area contributed by atoms with E-state index < -0.39 is 6.61 Å². The summed E-state index contributed by atoms with van der Waals surface area (Å²) in [5.41, 5.74) is 1.98. The Labute approximate surface area is 93.9 Å². The maximum Gasteiger partial charge on any atom is 0.387 e. The van der Waals surface area contributed by atoms with Crippen LogP contribution in [0.3, 0.4) is 0 Å². The van der Waals surface area contributed by atoms with Crippen molar-refractivity contribution in [2.24, 2.45) is 0 Å². The van der Waals surface area contributed by atoms with E-state index in [4.69, 9.17) is 0 Å². The predicted octanol–water partition coefficient (Wildman–Crippen LogP) is 3.67. The summed E-state index contributed by atoms with van der Waals surface area (Å²) in [6, 6.07) is 6.43. The normalized spacial score (nSPS) is 10.2. The Balaban J connectivity index is 2.42. The van der Waals surface area contributed by atoms with Crippen LogP contribution in [0.4, 0.5) is 14.5 Å². The molecule has 2 nitrogen and oxygen atoms in total. The molecule has 1 rings (SSSR count). The molecule has 0 aliphatic heterocycles. The molecule has 1 aromatic rings. The van der Waals surface area contributed by atoms with E-state index in [0.717, 1.165) is 24.2 Å². The molecular weight excluding hydrogens is 212 g/mol. The number of halogens is 2. The first-order valence-electron chi connectivity index (χ1n) is 5.01. The van der Waals surface area contributed by atoms with Gasteiger partial charge in [-0.3, -0.25) is 0 Å². The van der Waals surface area contributed by atoms with Gasteiger partial charge in [-0.15, -0.1) is 6.58 Å². The number of hydrogen-bond donors (Lipinski definition) is 1. The maximum atomic E-state index is 11.9. The Morgan fingerprint density at radius 1 is 1.38 bits per heavy atom. The molecule has 0 unspecified atom stereocenters. The largest absolute Gasteiger partial charge is 0.435 e. The molecule has 0 heterocycles. The molecule has 16 heavy (non-hydrogen) atoms. The zero-order valence-corrected chi connectivity index (χ0v) is 9.17. The number of nitrogens with one attached hydrogen (secondary N) is 1. The average Bonchev–Trinajstić information content (AvgIpc) is 2.19. The van der Waals surface area contributed by atoms with Crippen LogP contribution in [0, 0.1) is 0 Å². The highest BCUT2D eigenvalue weighted by Crippen LogP contribution is 2.17. The number of anilines is 1. The molecule has 88 valence electrons. The van der Waals surface area contributed by atoms with E-state index in [0.29, 0.717) is 0 Å². The lowest BCUT2D eigenvalue weighted by atomic mass is 10.2. The summed E-state index contributed by atoms with van der Waals surface area (Å²) in [4.78, 5) is 0. The van der Waals surface area contributed by atoms with E-state index in [1.165, 1.54) is 12.1 Å². The van der Waals surface area contributed by atoms with Crippen molar-refractivity contribution in [3.8, 4) is 5.75 Å². The fourth-order valence-electron chi connectivity index (χ4n) is 1.17. The van der Waals surface area contributed by atoms with Crippen LogP contribution in [0.25, 0.3) is 0 Å². The highest BCUT2D eigenvalue weighted by molar-refractivity contribution is 5.46. The summed E-state index contributed by atoms with van der Waals surface area (Å²) in [6.45, 7) is 3.76. The van der Waals surface area contributed by atoms with Gasteiger partial charge in [0.05, 0.1) is 0 Å². The van der Waals surface area contributed by atoms with E-state index >= 15 is 0 Å². The molecule has 0 fully saturated rings. The van der Waals surface area contributed by atoms with Gasteiger partial charge in [0.15, 0.2) is 0 Å². The molecule has 0 aliphatic carbocycles. The monoisotopic (exact) mass is 227 g/mol. The maximum absolute atomic E-state index is 11.9. The smallest absolute Gasteiger partial charge is 0.387 e. The number of rotatable bonds is 6. The second-order valence-electron chi connectivity index (χ2n) is 3.54. The third kappa shape index (κ3) is 4.77. The number of hydrogen-bond acceptors (Lipinski definition) is 2. The molecule has 0 aliphatic rings. The van der Waals surface area contributed by atoms with E-state index in [2.05, 4.69) is 16.6 Å². The lowest BCUT2D eigenvalue weighted by molar-refractivity contribution is -0.0498. The van der Waals surface area contributed by atoms with Crippen LogP contribution in [0.1, 0.15) is 13.3 Å². The van der Waals surface area contributed by atoms with Crippen LogP contribution >= 0.6 is 0 Å². The molecule has 0 bridgehead atoms. The summed E-state index contributed by atoms with van der Waals surface area (Å²) in [5, 5.41) is 3.15. The Bertz CT molecular complexity index is 335. The molecular formula is C12H15F2NO. The van der Waals surface area contributed by atoms with Crippen molar-refractivity contribution in [2.75, 3.05) is 11.9 Å². The lowest BCUT2D eigenvalue weighted by Crippen LogP contribution is -2.03. The van der Waals surface area contributed by atoms with Gasteiger partial charge in [-0.1, -0.05) is 5.57 Å². The Hall–Kier alpha value is -1.58. The minimum Gasteiger partial charge on any atom is -0.435 e. The number of benzene rings is 1. The van der Waals surface area contributed by atoms with Crippen LogP contribution < -0.4 is 10.1 Å². The SMILES string of the molecule is C=C(C)CCNc1ccc(OC(F)F)cc1. The molecule has 1 aromatic carbocycles. The summed E-state index contributed by atoms with van der Waals surface area (Å²) in [7, 11) is 0. The predicted molar refractivity (Wildman–Crippen MR) is 61.0 cm³/mol. The minimum atomic E-state index is -2.78. The van der Waals surface area contributed by atoms with Crippen molar-refractivity contribution in [3.63, 3.8) is 0 Å². The Kier molecular flexibility index (Phi) is 4.76. The molecule has 0 saturated carbocycles. The molecule has 1 N–H and O–H groups in total. The first-order valence-corrected chi connectivity index (χ1v) is 5.01. The van der Waals surface area contributed by atoms with Gasteiger partial charge in [0.2, 0.25) is 0 Å². The van der Waals surface area contributed by atoms with Crippen molar-refractivity contribution in [1.29, 1.82) is 0 Å². The zero-order valence-electron chi connectivity index (χ0n) is 9.17. The quantitative estimate of drug-likeness (QED) is 0.749. The molecule has 0 saturated heterocycles. The van der Waals surface area contributed by atoms with Gasteiger partial charge in [-0.05, 0) is 37.6 Å². The van der Waals surface area contributed by atoms with Crippen molar-refractivity contribution < 1.29 is 13.5 Å². The molecule has 0 atom stereocenters. The van der Waals surface area contributed by atoms with E-state index in [-0.39, 0.29) is 5.75 Å². The fraction of sp³-hybridized carbons (Fsp3) is 0.333. The third-order valence-corrected chi connectivity index (χ3v) is 1.96. The molecule has 0 radical (unpaired) electrons. The summed E-state index contributed by atoms with van der Waals surface area (Å²) in [5.74, 6) is 0.167. The molecule has 4 heteroatoms. The summed E-state index contributed by atoms with van der Waals surface area (Å²) < 4.78 is 28.0. The third-order valence-electron chi connectivity index (χ3n) is 1.96. The van der Waals surface area contributed by atoms with Gasteiger partial charge in [-0.25, -0.2) is 0 Å². The first kappa shape index (κ1) is 12.5. The second kappa shape index (κ2) is 6.10. The van der Waals surface area contributed by atoms with Crippen LogP contribution in [-0.2, 0) is 0 Å². The zero-order chi connectivity index (χ0) is 12.0. The average molecular weight is 227 g/mol. The minimum absolute atomic E-state index is 0.167. The van der Waals surface area contributed by atoms with Gasteiger partial charge in [0.25, 0.3) is 0 Å². The molecule has 0 amide bonds. The second-order valence-corrected chi connectivity index (χ2v) is 3.54. The Morgan fingerprint density at radius 3 is 2.50 bits per heavy atom. The van der Waals surface area contributed by atoms with Crippen molar-refractivity contribution in [1.82, 2.24) is 0 Å². The van der Waals surface area contributed by atoms with Crippen molar-refractivity contribution in [2.45, 2.75) is 20.0 Å². The van der Waals surface area contributed by atoms with Gasteiger partial charge >= 0.3 is 6.61 Å². The molecule has 0 spiro atoms. The summed E-state index contributed by atoms with van der Waals surface area (Å²) >= 11 is 0. The fourth-order valence-corrected chi connectivity index (χ4v) is 1.17. The number of alkyl halides is 2. The van der Waals surface area contributed by atoms with Crippen LogP contribution in [0.2, 0.25) is 0 Å². The standard InChI is InChI=1S/C12H15F2NO/c1-9(2)7-8-15-10-3-5-11(6-4-10)16-12(13)14/h3-6,12,15H,1,7-8H2,2H3. The van der Waals surface area contributed by atoms with Crippen LogP contribution in [0.15, 0.2) is 36.4 Å². The van der Waals surface area contributed by atoms with Crippen molar-refractivity contribution >= 4 is 5.69 Å². The van der Waals surface area contributed by atoms with Gasteiger partial charge in [-0.2, -0.15) is 8.78 Å². The highest BCUT2D eigenvalue weighted by atomic mass is 19.3. The van der Waals surface area contributed by atoms with Crippen LogP contribution in [-0.4, -0.2) is 13.2 Å². The van der Waals surface area contributed by atoms with Gasteiger partial charge < -0.3 is 10.1 Å². The lowest BCUT2D eigenvalue weighted by Gasteiger charge is -2.08. The van der Waals surface area contributed by atoms with E-state index in [1.807, 2.05) is 6.92 Å². The summed E-state index contributed by atoms with van der Waals surface area (Å²) in [6.07, 6.45) is 0.884.